The van der Waals surface area contributed by atoms with Gasteiger partial charge >= 0.3 is 12.1 Å². The highest BCUT2D eigenvalue weighted by atomic mass is 19.1. The molecule has 258 valence electrons. The third-order valence-corrected chi connectivity index (χ3v) is 10.8. The van der Waals surface area contributed by atoms with E-state index < -0.39 is 75.9 Å². The van der Waals surface area contributed by atoms with E-state index >= 15 is 4.39 Å². The first-order valence-corrected chi connectivity index (χ1v) is 15.9. The van der Waals surface area contributed by atoms with Crippen LogP contribution in [0.2, 0.25) is 0 Å². The van der Waals surface area contributed by atoms with Crippen molar-refractivity contribution in [2.75, 3.05) is 33.0 Å². The normalized spacial score (nSPS) is 36.4. The first kappa shape index (κ1) is 36.1. The van der Waals surface area contributed by atoms with Crippen LogP contribution in [0.15, 0.2) is 23.8 Å². The van der Waals surface area contributed by atoms with E-state index in [1.165, 1.54) is 12.2 Å². The van der Waals surface area contributed by atoms with Crippen molar-refractivity contribution in [1.82, 2.24) is 5.39 Å². The first-order chi connectivity index (χ1) is 21.7. The van der Waals surface area contributed by atoms with Crippen molar-refractivity contribution in [1.29, 1.82) is 0 Å². The Morgan fingerprint density at radius 2 is 1.80 bits per heavy atom. The minimum absolute atomic E-state index is 0.0315. The molecule has 0 aromatic carbocycles. The van der Waals surface area contributed by atoms with Crippen LogP contribution in [-0.2, 0) is 38.2 Å². The average Bonchev–Trinajstić information content (AvgIpc) is 3.21. The Balaban J connectivity index is 1.55. The van der Waals surface area contributed by atoms with Gasteiger partial charge in [0.2, 0.25) is 5.78 Å². The van der Waals surface area contributed by atoms with Crippen LogP contribution in [0.3, 0.4) is 0 Å². The molecule has 13 nitrogen and oxygen atoms in total. The van der Waals surface area contributed by atoms with E-state index in [2.05, 4.69) is 4.84 Å². The number of aliphatic hydroxyl groups is 1. The second-order valence-corrected chi connectivity index (χ2v) is 13.2. The fraction of sp³-hybridized carbons (Fsp3) is 0.750. The van der Waals surface area contributed by atoms with Crippen molar-refractivity contribution in [3.8, 4) is 0 Å². The molecule has 3 saturated carbocycles. The molecule has 3 fully saturated rings. The summed E-state index contributed by atoms with van der Waals surface area (Å²) < 4.78 is 39.0. The van der Waals surface area contributed by atoms with Gasteiger partial charge in [-0.15, -0.1) is 0 Å². The zero-order valence-corrected chi connectivity index (χ0v) is 26.9. The largest absolute Gasteiger partial charge is 0.508 e. The molecule has 4 aliphatic rings. The lowest BCUT2D eigenvalue weighted by atomic mass is 9.44. The molecule has 14 heteroatoms. The number of allylic oxidation sites excluding steroid dienone is 4. The van der Waals surface area contributed by atoms with Crippen LogP contribution in [0, 0.1) is 28.6 Å². The fourth-order valence-electron chi connectivity index (χ4n) is 8.69. The Kier molecular flexibility index (Phi) is 11.1. The summed E-state index contributed by atoms with van der Waals surface area (Å²) in [6, 6.07) is 0. The van der Waals surface area contributed by atoms with Crippen molar-refractivity contribution in [2.45, 2.75) is 90.0 Å². The standard InChI is InChI=1S/C32H46FNO12/c1-5-6-7-27(38)46-32(26(37)19-44-28(39)43-14-12-42-13-15-45-34(40)41)20(2)16-24-23-9-8-21-17-22(35)10-11-29(21,3)31(23,33)25(36)18-30(24,32)4/h10-11,17,20,23-25,36,40-41H,5-9,12-16,18-19H2,1-4H3/t20-,23?,24-,25-,29-,30-,31-,32-/m0/s1. The Hall–Kier alpha value is -2.75. The molecule has 3 N–H and O–H groups in total. The van der Waals surface area contributed by atoms with E-state index in [9.17, 15) is 24.3 Å². The SMILES string of the molecule is CCCCC(=O)O[C@]1(C(=O)COC(=O)OCCOCCON(O)O)[C@@H](C)C[C@H]2C3CCC4=CC(=O)C=C[C@]4(C)[C@@]3(F)[C@@H](O)C[C@@]21C. The highest BCUT2D eigenvalue weighted by Gasteiger charge is 2.77. The maximum atomic E-state index is 17.6. The van der Waals surface area contributed by atoms with Crippen LogP contribution in [0.4, 0.5) is 9.18 Å². The van der Waals surface area contributed by atoms with Gasteiger partial charge in [-0.3, -0.25) is 24.8 Å². The van der Waals surface area contributed by atoms with Crippen LogP contribution >= 0.6 is 0 Å². The number of halogens is 1. The minimum atomic E-state index is -2.13. The predicted octanol–water partition coefficient (Wildman–Crippen LogP) is 3.83. The number of ether oxygens (including phenoxy) is 4. The van der Waals surface area contributed by atoms with Crippen LogP contribution in [0.1, 0.15) is 72.6 Å². The van der Waals surface area contributed by atoms with Gasteiger partial charge in [0.1, 0.15) is 6.61 Å². The molecule has 0 radical (unpaired) electrons. The number of ketones is 2. The number of nitrogens with zero attached hydrogens (tertiary/aromatic N) is 1. The fourth-order valence-corrected chi connectivity index (χ4v) is 8.69. The molecule has 4 rings (SSSR count). The maximum Gasteiger partial charge on any atom is 0.508 e. The van der Waals surface area contributed by atoms with Crippen molar-refractivity contribution in [3.63, 3.8) is 0 Å². The Morgan fingerprint density at radius 1 is 1.09 bits per heavy atom. The number of rotatable bonds is 14. The monoisotopic (exact) mass is 655 g/mol. The molecule has 0 aromatic heterocycles. The highest BCUT2D eigenvalue weighted by molar-refractivity contribution is 6.01. The van der Waals surface area contributed by atoms with E-state index in [0.29, 0.717) is 37.7 Å². The van der Waals surface area contributed by atoms with Gasteiger partial charge in [-0.25, -0.2) is 14.0 Å². The van der Waals surface area contributed by atoms with E-state index in [-0.39, 0.29) is 45.1 Å². The number of alkyl halides is 1. The number of carbonyl (C=O) groups is 4. The van der Waals surface area contributed by atoms with Gasteiger partial charge in [0, 0.05) is 29.1 Å². The second-order valence-electron chi connectivity index (χ2n) is 13.2. The van der Waals surface area contributed by atoms with Crippen molar-refractivity contribution < 1.29 is 62.9 Å². The van der Waals surface area contributed by atoms with E-state index in [4.69, 9.17) is 29.4 Å². The molecule has 0 spiro atoms. The highest BCUT2D eigenvalue weighted by Crippen LogP contribution is 2.71. The number of carbonyl (C=O) groups excluding carboxylic acids is 4. The molecule has 46 heavy (non-hydrogen) atoms. The Labute approximate surface area is 267 Å². The predicted molar refractivity (Wildman–Crippen MR) is 156 cm³/mol. The lowest BCUT2D eigenvalue weighted by Crippen LogP contribution is -2.70. The Bertz CT molecular complexity index is 1240. The lowest BCUT2D eigenvalue weighted by molar-refractivity contribution is -0.493. The van der Waals surface area contributed by atoms with Crippen LogP contribution in [0.25, 0.3) is 0 Å². The molecule has 0 aliphatic heterocycles. The molecule has 0 amide bonds. The summed E-state index contributed by atoms with van der Waals surface area (Å²) in [5.41, 5.74) is -5.72. The molecule has 0 aromatic rings. The number of hydrogen-bond donors (Lipinski definition) is 3. The number of esters is 1. The molecule has 8 atom stereocenters. The molecular formula is C32H46FNO12. The Morgan fingerprint density at radius 3 is 2.50 bits per heavy atom. The molecule has 0 saturated heterocycles. The number of Topliss-reactive ketones (excluding diaryl/α,β-unsaturated/α-hetero) is 1. The number of unbranched alkanes of at least 4 members (excludes halogenated alkanes) is 1. The van der Waals surface area contributed by atoms with Gasteiger partial charge in [-0.05, 0) is 57.1 Å². The molecule has 1 unspecified atom stereocenters. The summed E-state index contributed by atoms with van der Waals surface area (Å²) in [4.78, 5) is 56.2. The number of hydrogen-bond acceptors (Lipinski definition) is 13. The van der Waals surface area contributed by atoms with E-state index in [1.54, 1.807) is 26.8 Å². The summed E-state index contributed by atoms with van der Waals surface area (Å²) in [6.07, 6.45) is 3.88. The van der Waals surface area contributed by atoms with E-state index in [0.717, 1.165) is 0 Å². The maximum absolute atomic E-state index is 17.6. The number of fused-ring (bicyclic) bond motifs is 5. The quantitative estimate of drug-likeness (QED) is 0.140. The minimum Gasteiger partial charge on any atom is -0.450 e. The third-order valence-electron chi connectivity index (χ3n) is 10.8. The smallest absolute Gasteiger partial charge is 0.450 e. The van der Waals surface area contributed by atoms with Gasteiger partial charge in [-0.2, -0.15) is 0 Å². The second kappa shape index (κ2) is 14.2. The van der Waals surface area contributed by atoms with Crippen molar-refractivity contribution in [2.24, 2.45) is 28.6 Å². The summed E-state index contributed by atoms with van der Waals surface area (Å²) in [5, 5.41) is 28.2. The zero-order valence-electron chi connectivity index (χ0n) is 26.9. The lowest BCUT2D eigenvalue weighted by Gasteiger charge is -2.62. The van der Waals surface area contributed by atoms with Gasteiger partial charge in [0.25, 0.3) is 0 Å². The topological polar surface area (TPSA) is 178 Å². The van der Waals surface area contributed by atoms with Crippen molar-refractivity contribution in [3.05, 3.63) is 23.8 Å². The number of aliphatic hydroxyl groups excluding tert-OH is 1. The molecule has 4 aliphatic carbocycles. The van der Waals surface area contributed by atoms with E-state index in [1.807, 2.05) is 6.92 Å². The molecule has 0 bridgehead atoms. The van der Waals surface area contributed by atoms with Gasteiger partial charge in [-0.1, -0.05) is 38.8 Å². The van der Waals surface area contributed by atoms with Crippen molar-refractivity contribution >= 4 is 23.7 Å². The summed E-state index contributed by atoms with van der Waals surface area (Å²) in [6.45, 7) is 5.87. The van der Waals surface area contributed by atoms with Gasteiger partial charge < -0.3 is 24.1 Å². The summed E-state index contributed by atoms with van der Waals surface area (Å²) >= 11 is 0. The summed E-state index contributed by atoms with van der Waals surface area (Å²) in [5.74, 6) is -3.27. The van der Waals surface area contributed by atoms with Crippen LogP contribution in [0.5, 0.6) is 0 Å². The first-order valence-electron chi connectivity index (χ1n) is 15.9. The zero-order chi connectivity index (χ0) is 33.9. The average molecular weight is 656 g/mol. The summed E-state index contributed by atoms with van der Waals surface area (Å²) in [7, 11) is 0. The van der Waals surface area contributed by atoms with Crippen LogP contribution in [-0.4, -0.2) is 95.0 Å². The third kappa shape index (κ3) is 6.27. The van der Waals surface area contributed by atoms with Gasteiger partial charge in [0.15, 0.2) is 23.7 Å². The molecular weight excluding hydrogens is 609 g/mol. The van der Waals surface area contributed by atoms with Crippen LogP contribution < -0.4 is 0 Å². The molecule has 0 heterocycles. The van der Waals surface area contributed by atoms with Gasteiger partial charge in [0.05, 0.1) is 31.3 Å².